The van der Waals surface area contributed by atoms with Crippen LogP contribution in [0.1, 0.15) is 108 Å². The fourth-order valence-corrected chi connectivity index (χ4v) is 8.09. The first-order valence-corrected chi connectivity index (χ1v) is 19.9. The van der Waals surface area contributed by atoms with Crippen LogP contribution in [0.2, 0.25) is 0 Å². The number of epoxide rings is 1. The number of benzene rings is 3. The lowest BCUT2D eigenvalue weighted by molar-refractivity contribution is -0.186. The van der Waals surface area contributed by atoms with Crippen molar-refractivity contribution in [2.24, 2.45) is 43.6 Å². The van der Waals surface area contributed by atoms with Crippen LogP contribution in [0.25, 0.3) is 21.5 Å². The predicted octanol–water partition coefficient (Wildman–Crippen LogP) is 9.27. The zero-order valence-corrected chi connectivity index (χ0v) is 35.7. The first-order chi connectivity index (χ1) is 26.1. The molecular weight excluding hydrogens is 711 g/mol. The fraction of sp³-hybridized carbons (Fsp3) is 0.609. The first kappa shape index (κ1) is 44.7. The topological polar surface area (TPSA) is 133 Å². The number of hydrogen-bond acceptors (Lipinski definition) is 10. The Morgan fingerprint density at radius 2 is 1.39 bits per heavy atom. The summed E-state index contributed by atoms with van der Waals surface area (Å²) in [5, 5.41) is 18.1. The zero-order valence-electron chi connectivity index (χ0n) is 35.7. The number of aliphatic hydroxyl groups excluding tert-OH is 1. The normalized spacial score (nSPS) is 17.1. The van der Waals surface area contributed by atoms with Gasteiger partial charge in [-0.25, -0.2) is 0 Å². The van der Waals surface area contributed by atoms with Crippen molar-refractivity contribution in [3.63, 3.8) is 0 Å². The van der Waals surface area contributed by atoms with Gasteiger partial charge in [-0.1, -0.05) is 116 Å². The average Bonchev–Trinajstić information content (AvgIpc) is 3.98. The van der Waals surface area contributed by atoms with Crippen LogP contribution in [0, 0.1) is 38.4 Å². The second kappa shape index (κ2) is 17.2. The van der Waals surface area contributed by atoms with E-state index >= 15 is 0 Å². The monoisotopic (exact) mass is 775 g/mol. The Morgan fingerprint density at radius 1 is 0.821 bits per heavy atom. The Hall–Kier alpha value is -4.02. The SMILES string of the molecule is CCC(CC(C)(C)C(C)(C)C(C)(CC(C)(C)C(C)(C)C(C)(C)C(=O)OCC1CO1)C(=O)OCCO)C(=O)OCO/N=C/c1c2ccccc2cc2ccccc12. The molecule has 0 bridgehead atoms. The van der Waals surface area contributed by atoms with E-state index in [0.717, 1.165) is 27.1 Å². The molecule has 1 aliphatic rings. The lowest BCUT2D eigenvalue weighted by Crippen LogP contribution is -2.57. The second-order valence-corrected chi connectivity index (χ2v) is 18.6. The number of hydrogen-bond donors (Lipinski definition) is 1. The number of carbonyl (C=O) groups is 3. The molecule has 3 atom stereocenters. The molecular formula is C46H65NO9. The average molecular weight is 776 g/mol. The second-order valence-electron chi connectivity index (χ2n) is 18.6. The largest absolute Gasteiger partial charge is 0.463 e. The molecule has 4 rings (SSSR count). The van der Waals surface area contributed by atoms with Gasteiger partial charge in [0.2, 0.25) is 0 Å². The molecule has 56 heavy (non-hydrogen) atoms. The van der Waals surface area contributed by atoms with Gasteiger partial charge in [-0.2, -0.15) is 0 Å². The quantitative estimate of drug-likeness (QED) is 0.0174. The minimum absolute atomic E-state index is 0.0504. The van der Waals surface area contributed by atoms with Crippen LogP contribution >= 0.6 is 0 Å². The van der Waals surface area contributed by atoms with E-state index in [0.29, 0.717) is 25.9 Å². The Kier molecular flexibility index (Phi) is 13.7. The van der Waals surface area contributed by atoms with E-state index in [-0.39, 0.29) is 38.7 Å². The van der Waals surface area contributed by atoms with Crippen LogP contribution < -0.4 is 0 Å². The van der Waals surface area contributed by atoms with E-state index in [9.17, 15) is 19.5 Å². The van der Waals surface area contributed by atoms with Crippen LogP contribution in [-0.4, -0.2) is 68.6 Å². The van der Waals surface area contributed by atoms with E-state index < -0.39 is 50.3 Å². The van der Waals surface area contributed by atoms with Gasteiger partial charge in [0.1, 0.15) is 19.3 Å². The molecule has 3 unspecified atom stereocenters. The van der Waals surface area contributed by atoms with Crippen molar-refractivity contribution >= 4 is 45.7 Å². The van der Waals surface area contributed by atoms with Crippen molar-refractivity contribution in [2.75, 3.05) is 33.2 Å². The van der Waals surface area contributed by atoms with Crippen LogP contribution in [0.4, 0.5) is 0 Å². The summed E-state index contributed by atoms with van der Waals surface area (Å²) in [7, 11) is 0. The molecule has 10 nitrogen and oxygen atoms in total. The standard InChI is InChI=1S/C46H65NO9/c1-13-31(38(49)55-30-56-47-26-37-35-20-16-14-18-32(35)24-33-19-15-17-21-36(33)37)25-41(2,3)45(10,11)46(12,40(51)52-23-22-48)29-42(4,5)44(8,9)43(6,7)39(50)54-28-34-27-53-34/h14-21,24,26,31,34,48H,13,22-23,25,27-30H2,1-12H3/b47-26+. The highest BCUT2D eigenvalue weighted by Gasteiger charge is 2.61. The van der Waals surface area contributed by atoms with Crippen LogP contribution in [-0.2, 0) is 38.2 Å². The van der Waals surface area contributed by atoms with Gasteiger partial charge in [0.15, 0.2) is 0 Å². The number of esters is 3. The molecule has 10 heteroatoms. The zero-order chi connectivity index (χ0) is 41.7. The Morgan fingerprint density at radius 3 is 1.93 bits per heavy atom. The lowest BCUT2D eigenvalue weighted by atomic mass is 9.45. The smallest absolute Gasteiger partial charge is 0.312 e. The van der Waals surface area contributed by atoms with E-state index in [4.69, 9.17) is 23.8 Å². The van der Waals surface area contributed by atoms with Gasteiger partial charge in [-0.15, -0.1) is 0 Å². The maximum atomic E-state index is 14.3. The third-order valence-corrected chi connectivity index (χ3v) is 14.1. The van der Waals surface area contributed by atoms with Gasteiger partial charge in [-0.05, 0) is 89.3 Å². The predicted molar refractivity (Wildman–Crippen MR) is 220 cm³/mol. The van der Waals surface area contributed by atoms with Crippen molar-refractivity contribution in [1.29, 1.82) is 0 Å². The third kappa shape index (κ3) is 9.07. The molecule has 0 saturated carbocycles. The van der Waals surface area contributed by atoms with Crippen LogP contribution in [0.15, 0.2) is 59.8 Å². The molecule has 3 aromatic rings. The number of aliphatic hydroxyl groups is 1. The van der Waals surface area contributed by atoms with Crippen molar-refractivity contribution in [3.8, 4) is 0 Å². The van der Waals surface area contributed by atoms with Crippen molar-refractivity contribution < 1.29 is 43.3 Å². The minimum atomic E-state index is -1.12. The highest BCUT2D eigenvalue weighted by molar-refractivity contribution is 6.13. The molecule has 1 N–H and O–H groups in total. The molecule has 1 aliphatic heterocycles. The molecule has 1 fully saturated rings. The highest BCUT2D eigenvalue weighted by atomic mass is 16.8. The summed E-state index contributed by atoms with van der Waals surface area (Å²) in [6.45, 7) is 24.1. The Bertz CT molecular complexity index is 1830. The van der Waals surface area contributed by atoms with Gasteiger partial charge in [-0.3, -0.25) is 14.4 Å². The molecule has 3 aromatic carbocycles. The maximum Gasteiger partial charge on any atom is 0.312 e. The Labute approximate surface area is 333 Å². The van der Waals surface area contributed by atoms with Gasteiger partial charge in [0.25, 0.3) is 6.79 Å². The van der Waals surface area contributed by atoms with E-state index in [1.54, 1.807) is 6.21 Å². The first-order valence-electron chi connectivity index (χ1n) is 19.9. The van der Waals surface area contributed by atoms with Gasteiger partial charge < -0.3 is 28.9 Å². The van der Waals surface area contributed by atoms with E-state index in [1.165, 1.54) is 0 Å². The number of fused-ring (bicyclic) bond motifs is 2. The Balaban J connectivity index is 1.51. The van der Waals surface area contributed by atoms with Crippen molar-refractivity contribution in [2.45, 2.75) is 108 Å². The molecule has 0 aliphatic carbocycles. The maximum absolute atomic E-state index is 14.3. The van der Waals surface area contributed by atoms with Gasteiger partial charge >= 0.3 is 17.9 Å². The number of rotatable bonds is 20. The van der Waals surface area contributed by atoms with E-state index in [2.05, 4.69) is 51.0 Å². The molecule has 0 amide bonds. The summed E-state index contributed by atoms with van der Waals surface area (Å²) in [6, 6.07) is 18.3. The summed E-state index contributed by atoms with van der Waals surface area (Å²) in [4.78, 5) is 46.9. The molecule has 1 saturated heterocycles. The molecule has 0 spiro atoms. The number of oxime groups is 1. The summed E-state index contributed by atoms with van der Waals surface area (Å²) in [6.07, 6.45) is 2.87. The van der Waals surface area contributed by atoms with Crippen molar-refractivity contribution in [3.05, 3.63) is 60.2 Å². The van der Waals surface area contributed by atoms with Gasteiger partial charge in [0, 0.05) is 5.56 Å². The molecule has 0 radical (unpaired) electrons. The number of carbonyl (C=O) groups excluding carboxylic acids is 3. The summed E-state index contributed by atoms with van der Waals surface area (Å²) < 4.78 is 22.3. The third-order valence-electron chi connectivity index (χ3n) is 14.1. The lowest BCUT2D eigenvalue weighted by Gasteiger charge is -2.58. The number of ether oxygens (including phenoxy) is 4. The molecule has 1 heterocycles. The highest BCUT2D eigenvalue weighted by Crippen LogP contribution is 2.63. The summed E-state index contributed by atoms with van der Waals surface area (Å²) in [5.41, 5.74) is -3.81. The van der Waals surface area contributed by atoms with Crippen LogP contribution in [0.3, 0.4) is 0 Å². The number of nitrogens with zero attached hydrogens (tertiary/aromatic N) is 1. The molecule has 0 aromatic heterocycles. The van der Waals surface area contributed by atoms with E-state index in [1.807, 2.05) is 91.8 Å². The molecule has 308 valence electrons. The minimum Gasteiger partial charge on any atom is -0.463 e. The summed E-state index contributed by atoms with van der Waals surface area (Å²) >= 11 is 0. The van der Waals surface area contributed by atoms with Crippen molar-refractivity contribution in [1.82, 2.24) is 0 Å². The summed E-state index contributed by atoms with van der Waals surface area (Å²) in [5.74, 6) is -1.67. The fourth-order valence-electron chi connectivity index (χ4n) is 8.09. The van der Waals surface area contributed by atoms with Crippen LogP contribution in [0.5, 0.6) is 0 Å². The van der Waals surface area contributed by atoms with Gasteiger partial charge in [0.05, 0.1) is 36.2 Å².